The van der Waals surface area contributed by atoms with Crippen molar-refractivity contribution in [1.29, 1.82) is 0 Å². The van der Waals surface area contributed by atoms with E-state index in [4.69, 9.17) is 0 Å². The normalized spacial score (nSPS) is 13.2. The zero-order chi connectivity index (χ0) is 13.1. The number of aliphatic hydroxyl groups is 1. The van der Waals surface area contributed by atoms with Crippen LogP contribution in [-0.2, 0) is 13.0 Å². The summed E-state index contributed by atoms with van der Waals surface area (Å²) in [6.07, 6.45) is 7.30. The fourth-order valence-corrected chi connectivity index (χ4v) is 2.02. The largest absolute Gasteiger partial charge is 0.386 e. The summed E-state index contributed by atoms with van der Waals surface area (Å²) in [6, 6.07) is 0.301. The van der Waals surface area contributed by atoms with Crippen molar-refractivity contribution in [1.82, 2.24) is 19.3 Å². The van der Waals surface area contributed by atoms with E-state index in [2.05, 4.69) is 23.9 Å². The Balaban J connectivity index is 2.11. The third-order valence-corrected chi connectivity index (χ3v) is 3.03. The highest BCUT2D eigenvalue weighted by atomic mass is 16.3. The summed E-state index contributed by atoms with van der Waals surface area (Å²) in [5, 5.41) is 14.5. The molecule has 2 heterocycles. The molecule has 0 aromatic carbocycles. The molecule has 0 bridgehead atoms. The number of nitrogens with zero attached hydrogens (tertiary/aromatic N) is 4. The topological polar surface area (TPSA) is 55.9 Å². The molecule has 0 saturated carbocycles. The maximum Gasteiger partial charge on any atom is 0.0997 e. The van der Waals surface area contributed by atoms with Crippen molar-refractivity contribution in [3.8, 4) is 0 Å². The van der Waals surface area contributed by atoms with Crippen LogP contribution in [0, 0.1) is 0 Å². The zero-order valence-electron chi connectivity index (χ0n) is 11.1. The molecule has 0 saturated heterocycles. The average molecular weight is 248 g/mol. The van der Waals surface area contributed by atoms with E-state index < -0.39 is 6.10 Å². The Labute approximate surface area is 107 Å². The lowest BCUT2D eigenvalue weighted by molar-refractivity contribution is 0.167. The Morgan fingerprint density at radius 3 is 2.72 bits per heavy atom. The molecule has 5 nitrogen and oxygen atoms in total. The van der Waals surface area contributed by atoms with Crippen LogP contribution >= 0.6 is 0 Å². The highest BCUT2D eigenvalue weighted by Crippen LogP contribution is 2.20. The van der Waals surface area contributed by atoms with Gasteiger partial charge in [0.15, 0.2) is 0 Å². The summed E-state index contributed by atoms with van der Waals surface area (Å²) in [7, 11) is 0. The van der Waals surface area contributed by atoms with Crippen molar-refractivity contribution >= 4 is 0 Å². The third-order valence-electron chi connectivity index (χ3n) is 3.03. The van der Waals surface area contributed by atoms with Gasteiger partial charge < -0.3 is 9.67 Å². The van der Waals surface area contributed by atoms with E-state index in [9.17, 15) is 5.11 Å². The average Bonchev–Trinajstić information content (AvgIpc) is 2.96. The highest BCUT2D eigenvalue weighted by molar-refractivity contribution is 5.12. The van der Waals surface area contributed by atoms with Gasteiger partial charge in [0.2, 0.25) is 0 Å². The standard InChI is InChI=1S/C13H20N4O/c1-4-16-8-11(6-15-16)5-13(18)12-7-14-9-17(12)10(2)3/h6-10,13,18H,4-5H2,1-3H3. The van der Waals surface area contributed by atoms with Gasteiger partial charge in [-0.2, -0.15) is 5.10 Å². The lowest BCUT2D eigenvalue weighted by Gasteiger charge is -2.15. The van der Waals surface area contributed by atoms with Crippen molar-refractivity contribution in [2.45, 2.75) is 45.9 Å². The van der Waals surface area contributed by atoms with Gasteiger partial charge in [-0.1, -0.05) is 0 Å². The molecule has 0 aliphatic carbocycles. The quantitative estimate of drug-likeness (QED) is 0.880. The molecule has 0 spiro atoms. The van der Waals surface area contributed by atoms with Crippen molar-refractivity contribution in [2.24, 2.45) is 0 Å². The second-order valence-electron chi connectivity index (χ2n) is 4.74. The zero-order valence-corrected chi connectivity index (χ0v) is 11.1. The van der Waals surface area contributed by atoms with E-state index in [-0.39, 0.29) is 0 Å². The molecule has 98 valence electrons. The lowest BCUT2D eigenvalue weighted by atomic mass is 10.1. The molecular weight excluding hydrogens is 228 g/mol. The number of aliphatic hydroxyl groups excluding tert-OH is 1. The van der Waals surface area contributed by atoms with Crippen LogP contribution in [0.15, 0.2) is 24.9 Å². The van der Waals surface area contributed by atoms with Crippen molar-refractivity contribution in [2.75, 3.05) is 0 Å². The first-order valence-corrected chi connectivity index (χ1v) is 6.33. The molecule has 5 heteroatoms. The predicted octanol–water partition coefficient (Wildman–Crippen LogP) is 1.96. The van der Waals surface area contributed by atoms with Gasteiger partial charge in [0.25, 0.3) is 0 Å². The van der Waals surface area contributed by atoms with E-state index in [1.54, 1.807) is 12.5 Å². The number of rotatable bonds is 5. The van der Waals surface area contributed by atoms with Crippen LogP contribution in [0.4, 0.5) is 0 Å². The SMILES string of the molecule is CCn1cc(CC(O)c2cncn2C(C)C)cn1. The molecule has 18 heavy (non-hydrogen) atoms. The summed E-state index contributed by atoms with van der Waals surface area (Å²) in [5.41, 5.74) is 1.90. The van der Waals surface area contributed by atoms with Crippen LogP contribution < -0.4 is 0 Å². The molecular formula is C13H20N4O. The van der Waals surface area contributed by atoms with Gasteiger partial charge in [0.05, 0.1) is 30.5 Å². The van der Waals surface area contributed by atoms with E-state index >= 15 is 0 Å². The minimum absolute atomic E-state index is 0.301. The van der Waals surface area contributed by atoms with Gasteiger partial charge in [0.1, 0.15) is 0 Å². The van der Waals surface area contributed by atoms with E-state index in [0.29, 0.717) is 12.5 Å². The molecule has 1 unspecified atom stereocenters. The van der Waals surface area contributed by atoms with Gasteiger partial charge in [-0.25, -0.2) is 4.98 Å². The molecule has 0 radical (unpaired) electrons. The molecule has 2 aromatic heterocycles. The van der Waals surface area contributed by atoms with E-state index in [0.717, 1.165) is 17.8 Å². The molecule has 1 N–H and O–H groups in total. The number of imidazole rings is 1. The third kappa shape index (κ3) is 2.61. The van der Waals surface area contributed by atoms with Gasteiger partial charge >= 0.3 is 0 Å². The van der Waals surface area contributed by atoms with E-state index in [1.165, 1.54) is 0 Å². The Morgan fingerprint density at radius 1 is 1.33 bits per heavy atom. The summed E-state index contributed by atoms with van der Waals surface area (Å²) in [4.78, 5) is 4.11. The fourth-order valence-electron chi connectivity index (χ4n) is 2.02. The molecule has 1 atom stereocenters. The summed E-state index contributed by atoms with van der Waals surface area (Å²) < 4.78 is 3.86. The first kappa shape index (κ1) is 12.8. The van der Waals surface area contributed by atoms with Crippen molar-refractivity contribution in [3.05, 3.63) is 36.2 Å². The number of hydrogen-bond acceptors (Lipinski definition) is 3. The van der Waals surface area contributed by atoms with Crippen LogP contribution in [0.3, 0.4) is 0 Å². The first-order chi connectivity index (χ1) is 8.61. The van der Waals surface area contributed by atoms with Crippen LogP contribution in [0.1, 0.15) is 44.2 Å². The molecule has 0 fully saturated rings. The van der Waals surface area contributed by atoms with Gasteiger partial charge in [-0.3, -0.25) is 4.68 Å². The minimum Gasteiger partial charge on any atom is -0.386 e. The smallest absolute Gasteiger partial charge is 0.0997 e. The fraction of sp³-hybridized carbons (Fsp3) is 0.538. The van der Waals surface area contributed by atoms with Gasteiger partial charge in [-0.05, 0) is 26.3 Å². The minimum atomic E-state index is -0.538. The van der Waals surface area contributed by atoms with Crippen LogP contribution in [0.25, 0.3) is 0 Å². The second-order valence-corrected chi connectivity index (χ2v) is 4.74. The Bertz CT molecular complexity index is 501. The second kappa shape index (κ2) is 5.35. The van der Waals surface area contributed by atoms with Crippen molar-refractivity contribution < 1.29 is 5.11 Å². The van der Waals surface area contributed by atoms with Gasteiger partial charge in [-0.15, -0.1) is 0 Å². The van der Waals surface area contributed by atoms with E-state index in [1.807, 2.05) is 28.6 Å². The highest BCUT2D eigenvalue weighted by Gasteiger charge is 2.15. The van der Waals surface area contributed by atoms with Crippen molar-refractivity contribution in [3.63, 3.8) is 0 Å². The number of hydrogen-bond donors (Lipinski definition) is 1. The number of aryl methyl sites for hydroxylation is 1. The number of aromatic nitrogens is 4. The van der Waals surface area contributed by atoms with Gasteiger partial charge in [0, 0.05) is 25.2 Å². The predicted molar refractivity (Wildman–Crippen MR) is 69.2 cm³/mol. The molecule has 0 amide bonds. The molecule has 0 aliphatic heterocycles. The summed E-state index contributed by atoms with van der Waals surface area (Å²) >= 11 is 0. The summed E-state index contributed by atoms with van der Waals surface area (Å²) in [5.74, 6) is 0. The lowest BCUT2D eigenvalue weighted by Crippen LogP contribution is -2.10. The van der Waals surface area contributed by atoms with Crippen LogP contribution in [-0.4, -0.2) is 24.4 Å². The van der Waals surface area contributed by atoms with Crippen LogP contribution in [0.2, 0.25) is 0 Å². The Hall–Kier alpha value is -1.62. The van der Waals surface area contributed by atoms with Crippen LogP contribution in [0.5, 0.6) is 0 Å². The summed E-state index contributed by atoms with van der Waals surface area (Å²) in [6.45, 7) is 7.04. The maximum atomic E-state index is 10.3. The first-order valence-electron chi connectivity index (χ1n) is 6.33. The maximum absolute atomic E-state index is 10.3. The Morgan fingerprint density at radius 2 is 2.11 bits per heavy atom. The molecule has 2 rings (SSSR count). The monoisotopic (exact) mass is 248 g/mol. The molecule has 0 aliphatic rings. The molecule has 2 aromatic rings. The Kier molecular flexibility index (Phi) is 3.81.